The Bertz CT molecular complexity index is 1050. The maximum absolute atomic E-state index is 12.5. The van der Waals surface area contributed by atoms with Crippen molar-refractivity contribution in [3.63, 3.8) is 0 Å². The summed E-state index contributed by atoms with van der Waals surface area (Å²) in [5, 5.41) is 3.94. The zero-order valence-corrected chi connectivity index (χ0v) is 16.1. The monoisotopic (exact) mass is 397 g/mol. The van der Waals surface area contributed by atoms with E-state index in [0.717, 1.165) is 38.2 Å². The summed E-state index contributed by atoms with van der Waals surface area (Å²) in [4.78, 5) is 19.3. The number of nitrogens with zero attached hydrogens (tertiary/aromatic N) is 2. The summed E-state index contributed by atoms with van der Waals surface area (Å²) in [6, 6.07) is 11.6. The van der Waals surface area contributed by atoms with E-state index in [2.05, 4.69) is 15.2 Å². The quantitative estimate of drug-likeness (QED) is 0.714. The molecular weight excluding hydrogens is 378 g/mol. The molecule has 5 rings (SSSR count). The lowest BCUT2D eigenvalue weighted by atomic mass is 10.00. The van der Waals surface area contributed by atoms with Crippen molar-refractivity contribution < 1.29 is 19.0 Å². The molecule has 0 bridgehead atoms. The fourth-order valence-corrected chi connectivity index (χ4v) is 4.40. The predicted octanol–water partition coefficient (Wildman–Crippen LogP) is 2.79. The Morgan fingerprint density at radius 1 is 1.29 bits per heavy atom. The number of hydrogen-bond acceptors (Lipinski definition) is 7. The van der Waals surface area contributed by atoms with Gasteiger partial charge in [0.2, 0.25) is 12.7 Å². The van der Waals surface area contributed by atoms with Crippen LogP contribution in [0.1, 0.15) is 5.56 Å². The minimum absolute atomic E-state index is 0.0251. The Labute approximate surface area is 165 Å². The minimum atomic E-state index is -0.0251. The summed E-state index contributed by atoms with van der Waals surface area (Å²) >= 11 is 1.62. The number of hydrogen-bond donors (Lipinski definition) is 1. The highest BCUT2D eigenvalue weighted by Crippen LogP contribution is 2.36. The number of benzene rings is 2. The summed E-state index contributed by atoms with van der Waals surface area (Å²) in [6.45, 7) is 2.08. The first-order valence-corrected chi connectivity index (χ1v) is 9.87. The molecule has 1 aromatic heterocycles. The molecule has 28 heavy (non-hydrogen) atoms. The lowest BCUT2D eigenvalue weighted by molar-refractivity contribution is -0.125. The smallest absolute Gasteiger partial charge is 0.231 e. The summed E-state index contributed by atoms with van der Waals surface area (Å²) in [7, 11) is 1.65. The molecule has 0 atom stereocenters. The number of nitrogens with one attached hydrogen (secondary N) is 1. The van der Waals surface area contributed by atoms with Gasteiger partial charge in [0.1, 0.15) is 11.3 Å². The molecule has 3 aromatic rings. The fraction of sp³-hybridized carbons (Fsp3) is 0.300. The first kappa shape index (κ1) is 17.1. The molecule has 144 valence electrons. The number of carbonyl (C=O) groups is 1. The van der Waals surface area contributed by atoms with Crippen molar-refractivity contribution in [1.82, 2.24) is 10.3 Å². The van der Waals surface area contributed by atoms with Gasteiger partial charge in [-0.3, -0.25) is 4.79 Å². The van der Waals surface area contributed by atoms with Crippen LogP contribution in [0.15, 0.2) is 36.4 Å². The number of fused-ring (bicyclic) bond motifs is 2. The van der Waals surface area contributed by atoms with Gasteiger partial charge in [0.15, 0.2) is 16.6 Å². The van der Waals surface area contributed by atoms with Crippen LogP contribution in [0.25, 0.3) is 10.2 Å². The number of amides is 1. The number of methoxy groups -OCH3 is 1. The lowest BCUT2D eigenvalue weighted by Crippen LogP contribution is -2.53. The Kier molecular flexibility index (Phi) is 4.20. The average molecular weight is 397 g/mol. The van der Waals surface area contributed by atoms with Crippen LogP contribution < -0.4 is 24.4 Å². The molecule has 1 saturated heterocycles. The number of thiazole rings is 1. The third kappa shape index (κ3) is 2.99. The van der Waals surface area contributed by atoms with Gasteiger partial charge in [0, 0.05) is 19.6 Å². The Morgan fingerprint density at radius 3 is 3.00 bits per heavy atom. The minimum Gasteiger partial charge on any atom is -0.494 e. The van der Waals surface area contributed by atoms with Gasteiger partial charge in [-0.1, -0.05) is 23.5 Å². The Hall–Kier alpha value is -3.00. The zero-order valence-electron chi connectivity index (χ0n) is 15.3. The average Bonchev–Trinajstić information content (AvgIpc) is 3.30. The topological polar surface area (TPSA) is 72.9 Å². The number of para-hydroxylation sites is 1. The van der Waals surface area contributed by atoms with E-state index in [9.17, 15) is 4.79 Å². The van der Waals surface area contributed by atoms with Crippen LogP contribution in [0.5, 0.6) is 17.2 Å². The van der Waals surface area contributed by atoms with E-state index in [4.69, 9.17) is 14.2 Å². The van der Waals surface area contributed by atoms with Gasteiger partial charge in [-0.2, -0.15) is 0 Å². The number of aromatic nitrogens is 1. The van der Waals surface area contributed by atoms with E-state index >= 15 is 0 Å². The predicted molar refractivity (Wildman–Crippen MR) is 106 cm³/mol. The molecule has 0 radical (unpaired) electrons. The standard InChI is InChI=1S/C20H19N3O4S/c1-25-15-3-2-4-17-18(15)22-20(28-17)23-9-13(10-23)19(24)21-8-12-5-6-14-16(7-12)27-11-26-14/h2-7,13H,8-11H2,1H3,(H,21,24). The van der Waals surface area contributed by atoms with Gasteiger partial charge < -0.3 is 24.4 Å². The maximum Gasteiger partial charge on any atom is 0.231 e. The molecule has 3 heterocycles. The largest absolute Gasteiger partial charge is 0.494 e. The molecule has 0 unspecified atom stereocenters. The van der Waals surface area contributed by atoms with Crippen molar-refractivity contribution in [2.75, 3.05) is 31.9 Å². The summed E-state index contributed by atoms with van der Waals surface area (Å²) in [5.41, 5.74) is 1.87. The number of rotatable bonds is 5. The molecule has 1 fully saturated rings. The molecule has 0 saturated carbocycles. The van der Waals surface area contributed by atoms with Gasteiger partial charge >= 0.3 is 0 Å². The molecule has 1 N–H and O–H groups in total. The highest BCUT2D eigenvalue weighted by Gasteiger charge is 2.34. The van der Waals surface area contributed by atoms with Crippen molar-refractivity contribution in [3.8, 4) is 17.2 Å². The highest BCUT2D eigenvalue weighted by atomic mass is 32.1. The maximum atomic E-state index is 12.5. The van der Waals surface area contributed by atoms with Gasteiger partial charge in [-0.15, -0.1) is 0 Å². The van der Waals surface area contributed by atoms with E-state index in [0.29, 0.717) is 19.6 Å². The van der Waals surface area contributed by atoms with E-state index in [1.807, 2.05) is 36.4 Å². The van der Waals surface area contributed by atoms with Crippen LogP contribution in [0, 0.1) is 5.92 Å². The molecule has 0 aliphatic carbocycles. The highest BCUT2D eigenvalue weighted by molar-refractivity contribution is 7.22. The molecule has 7 nitrogen and oxygen atoms in total. The van der Waals surface area contributed by atoms with E-state index < -0.39 is 0 Å². The van der Waals surface area contributed by atoms with Gasteiger partial charge in [0.05, 0.1) is 17.7 Å². The second-order valence-electron chi connectivity index (χ2n) is 6.81. The van der Waals surface area contributed by atoms with E-state index in [1.54, 1.807) is 18.4 Å². The first-order chi connectivity index (χ1) is 13.7. The van der Waals surface area contributed by atoms with Gasteiger partial charge in [-0.05, 0) is 29.8 Å². The van der Waals surface area contributed by atoms with Gasteiger partial charge in [-0.25, -0.2) is 4.98 Å². The second-order valence-corrected chi connectivity index (χ2v) is 7.82. The fourth-order valence-electron chi connectivity index (χ4n) is 3.40. The SMILES string of the molecule is COc1cccc2sc(N3CC(C(=O)NCc4ccc5c(c4)OCO5)C3)nc12. The number of ether oxygens (including phenoxy) is 3. The van der Waals surface area contributed by atoms with Crippen molar-refractivity contribution in [1.29, 1.82) is 0 Å². The Balaban J connectivity index is 1.18. The third-order valence-electron chi connectivity index (χ3n) is 5.02. The summed E-state index contributed by atoms with van der Waals surface area (Å²) in [6.07, 6.45) is 0. The Morgan fingerprint density at radius 2 is 2.14 bits per heavy atom. The molecular formula is C20H19N3O4S. The van der Waals surface area contributed by atoms with Crippen molar-refractivity contribution in [2.24, 2.45) is 5.92 Å². The zero-order chi connectivity index (χ0) is 19.1. The molecule has 1 amide bonds. The van der Waals surface area contributed by atoms with Crippen molar-refractivity contribution in [2.45, 2.75) is 6.54 Å². The normalized spacial score (nSPS) is 15.5. The van der Waals surface area contributed by atoms with Gasteiger partial charge in [0.25, 0.3) is 0 Å². The summed E-state index contributed by atoms with van der Waals surface area (Å²) < 4.78 is 17.1. The van der Waals surface area contributed by atoms with Crippen LogP contribution in [0.4, 0.5) is 5.13 Å². The van der Waals surface area contributed by atoms with Crippen molar-refractivity contribution >= 4 is 32.6 Å². The van der Waals surface area contributed by atoms with E-state index in [1.165, 1.54) is 0 Å². The van der Waals surface area contributed by atoms with Crippen LogP contribution >= 0.6 is 11.3 Å². The second kappa shape index (κ2) is 6.87. The van der Waals surface area contributed by atoms with Crippen LogP contribution in [-0.4, -0.2) is 37.9 Å². The first-order valence-electron chi connectivity index (χ1n) is 9.06. The molecule has 2 aliphatic rings. The molecule has 2 aromatic carbocycles. The molecule has 2 aliphatic heterocycles. The van der Waals surface area contributed by atoms with Crippen LogP contribution in [0.3, 0.4) is 0 Å². The van der Waals surface area contributed by atoms with E-state index in [-0.39, 0.29) is 18.6 Å². The molecule has 0 spiro atoms. The number of carbonyl (C=O) groups excluding carboxylic acids is 1. The van der Waals surface area contributed by atoms with Crippen molar-refractivity contribution in [3.05, 3.63) is 42.0 Å². The number of anilines is 1. The molecule has 8 heteroatoms. The van der Waals surface area contributed by atoms with Crippen LogP contribution in [0.2, 0.25) is 0 Å². The van der Waals surface area contributed by atoms with Crippen LogP contribution in [-0.2, 0) is 11.3 Å². The third-order valence-corrected chi connectivity index (χ3v) is 6.10. The lowest BCUT2D eigenvalue weighted by Gasteiger charge is -2.37. The summed E-state index contributed by atoms with van der Waals surface area (Å²) in [5.74, 6) is 2.29.